The monoisotopic (exact) mass is 229 g/mol. The average molecular weight is 229 g/mol. The maximum absolute atomic E-state index is 5.47. The number of rotatable bonds is 3. The molecule has 0 spiro atoms. The van der Waals surface area contributed by atoms with Crippen LogP contribution in [0.1, 0.15) is 38.5 Å². The molecule has 0 amide bonds. The largest absolute Gasteiger partial charge is 0.381 e. The molecule has 0 aromatic carbocycles. The van der Waals surface area contributed by atoms with Gasteiger partial charge in [-0.2, -0.15) is 11.8 Å². The quantitative estimate of drug-likeness (QED) is 0.803. The van der Waals surface area contributed by atoms with Gasteiger partial charge in [-0.15, -0.1) is 0 Å². The van der Waals surface area contributed by atoms with Gasteiger partial charge >= 0.3 is 0 Å². The van der Waals surface area contributed by atoms with Crippen LogP contribution in [0.15, 0.2) is 0 Å². The zero-order valence-corrected chi connectivity index (χ0v) is 10.5. The molecule has 1 saturated heterocycles. The normalized spacial score (nSPS) is 34.2. The fourth-order valence-electron chi connectivity index (χ4n) is 2.71. The first-order chi connectivity index (χ1) is 7.38. The van der Waals surface area contributed by atoms with Crippen LogP contribution in [0.3, 0.4) is 0 Å². The molecule has 88 valence electrons. The van der Waals surface area contributed by atoms with Gasteiger partial charge in [0.15, 0.2) is 0 Å². The summed E-state index contributed by atoms with van der Waals surface area (Å²) in [5, 5.41) is 3.83. The summed E-state index contributed by atoms with van der Waals surface area (Å²) in [6.07, 6.45) is 8.39. The Labute approximate surface area is 97.5 Å². The predicted molar refractivity (Wildman–Crippen MR) is 66.5 cm³/mol. The Morgan fingerprint density at radius 2 is 1.87 bits per heavy atom. The minimum absolute atomic E-state index is 0.509. The molecular formula is C12H23NOS. The Morgan fingerprint density at radius 3 is 2.60 bits per heavy atom. The van der Waals surface area contributed by atoms with E-state index in [0.29, 0.717) is 6.10 Å². The van der Waals surface area contributed by atoms with Gasteiger partial charge in [-0.1, -0.05) is 0 Å². The van der Waals surface area contributed by atoms with Crippen molar-refractivity contribution in [2.45, 2.75) is 56.7 Å². The molecule has 2 nitrogen and oxygen atoms in total. The second-order valence-corrected chi connectivity index (χ2v) is 6.00. The summed E-state index contributed by atoms with van der Waals surface area (Å²) in [5.74, 6) is 2.69. The van der Waals surface area contributed by atoms with Crippen molar-refractivity contribution in [3.8, 4) is 0 Å². The molecule has 1 N–H and O–H groups in total. The summed E-state index contributed by atoms with van der Waals surface area (Å²) in [4.78, 5) is 0. The second kappa shape index (κ2) is 6.12. The molecule has 1 heterocycles. The van der Waals surface area contributed by atoms with E-state index in [9.17, 15) is 0 Å². The van der Waals surface area contributed by atoms with Crippen molar-refractivity contribution in [2.75, 3.05) is 18.6 Å². The first-order valence-electron chi connectivity index (χ1n) is 6.25. The van der Waals surface area contributed by atoms with Gasteiger partial charge < -0.3 is 10.1 Å². The molecule has 2 aliphatic rings. The summed E-state index contributed by atoms with van der Waals surface area (Å²) in [5.41, 5.74) is 0. The fraction of sp³-hybridized carbons (Fsp3) is 1.00. The van der Waals surface area contributed by atoms with E-state index in [4.69, 9.17) is 4.74 Å². The fourth-order valence-corrected chi connectivity index (χ4v) is 3.81. The predicted octanol–water partition coefficient (Wildman–Crippen LogP) is 2.43. The van der Waals surface area contributed by atoms with Crippen LogP contribution in [0.2, 0.25) is 0 Å². The molecule has 3 heteroatoms. The number of hydrogen-bond donors (Lipinski definition) is 1. The van der Waals surface area contributed by atoms with E-state index in [-0.39, 0.29) is 0 Å². The number of methoxy groups -OCH3 is 1. The number of thioether (sulfide) groups is 1. The van der Waals surface area contributed by atoms with Crippen molar-refractivity contribution < 1.29 is 4.74 Å². The van der Waals surface area contributed by atoms with Gasteiger partial charge in [-0.05, 0) is 50.0 Å². The highest BCUT2D eigenvalue weighted by atomic mass is 32.2. The van der Waals surface area contributed by atoms with Gasteiger partial charge in [-0.3, -0.25) is 0 Å². The molecule has 2 rings (SSSR count). The molecule has 0 radical (unpaired) electrons. The molecule has 1 saturated carbocycles. The highest BCUT2D eigenvalue weighted by molar-refractivity contribution is 7.99. The highest BCUT2D eigenvalue weighted by Crippen LogP contribution is 2.23. The minimum atomic E-state index is 0.509. The molecular weight excluding hydrogens is 206 g/mol. The number of ether oxygens (including phenoxy) is 1. The van der Waals surface area contributed by atoms with Crippen LogP contribution in [0.5, 0.6) is 0 Å². The van der Waals surface area contributed by atoms with Crippen LogP contribution in [0, 0.1) is 0 Å². The van der Waals surface area contributed by atoms with E-state index in [1.807, 2.05) is 7.11 Å². The molecule has 0 aromatic heterocycles. The Hall–Kier alpha value is 0.270. The SMILES string of the molecule is COC1CCCC(NC2CCSCC2)C1. The van der Waals surface area contributed by atoms with Crippen LogP contribution in [0.4, 0.5) is 0 Å². The van der Waals surface area contributed by atoms with Crippen LogP contribution >= 0.6 is 11.8 Å². The van der Waals surface area contributed by atoms with Crippen molar-refractivity contribution in [2.24, 2.45) is 0 Å². The Bertz CT molecular complexity index is 182. The first kappa shape index (κ1) is 11.7. The van der Waals surface area contributed by atoms with Crippen molar-refractivity contribution in [1.29, 1.82) is 0 Å². The second-order valence-electron chi connectivity index (χ2n) is 4.77. The van der Waals surface area contributed by atoms with Gasteiger partial charge in [0.05, 0.1) is 6.10 Å². The lowest BCUT2D eigenvalue weighted by molar-refractivity contribution is 0.0567. The number of hydrogen-bond acceptors (Lipinski definition) is 3. The molecule has 0 bridgehead atoms. The van der Waals surface area contributed by atoms with Crippen molar-refractivity contribution >= 4 is 11.8 Å². The molecule has 1 aliphatic heterocycles. The van der Waals surface area contributed by atoms with E-state index in [2.05, 4.69) is 17.1 Å². The molecule has 2 unspecified atom stereocenters. The standard InChI is InChI=1S/C12H23NOS/c1-14-12-4-2-3-11(9-12)13-10-5-7-15-8-6-10/h10-13H,2-9H2,1H3. The van der Waals surface area contributed by atoms with Crippen molar-refractivity contribution in [3.63, 3.8) is 0 Å². The van der Waals surface area contributed by atoms with Crippen LogP contribution in [-0.4, -0.2) is 36.8 Å². The molecule has 2 fully saturated rings. The van der Waals surface area contributed by atoms with Gasteiger partial charge in [0.2, 0.25) is 0 Å². The number of nitrogens with one attached hydrogen (secondary N) is 1. The Balaban J connectivity index is 1.72. The van der Waals surface area contributed by atoms with Crippen LogP contribution in [0.25, 0.3) is 0 Å². The van der Waals surface area contributed by atoms with Gasteiger partial charge in [0.1, 0.15) is 0 Å². The first-order valence-corrected chi connectivity index (χ1v) is 7.40. The van der Waals surface area contributed by atoms with Crippen molar-refractivity contribution in [3.05, 3.63) is 0 Å². The van der Waals surface area contributed by atoms with Gasteiger partial charge in [0, 0.05) is 19.2 Å². The lowest BCUT2D eigenvalue weighted by Crippen LogP contribution is -2.44. The molecule has 0 aromatic rings. The van der Waals surface area contributed by atoms with E-state index in [0.717, 1.165) is 12.1 Å². The van der Waals surface area contributed by atoms with Gasteiger partial charge in [0.25, 0.3) is 0 Å². The summed E-state index contributed by atoms with van der Waals surface area (Å²) in [6.45, 7) is 0. The lowest BCUT2D eigenvalue weighted by atomic mass is 9.92. The third kappa shape index (κ3) is 3.65. The molecule has 15 heavy (non-hydrogen) atoms. The van der Waals surface area contributed by atoms with E-state index < -0.39 is 0 Å². The van der Waals surface area contributed by atoms with E-state index in [1.165, 1.54) is 50.0 Å². The lowest BCUT2D eigenvalue weighted by Gasteiger charge is -2.33. The topological polar surface area (TPSA) is 21.3 Å². The maximum Gasteiger partial charge on any atom is 0.0586 e. The maximum atomic E-state index is 5.47. The Morgan fingerprint density at radius 1 is 1.07 bits per heavy atom. The van der Waals surface area contributed by atoms with Gasteiger partial charge in [-0.25, -0.2) is 0 Å². The zero-order chi connectivity index (χ0) is 10.5. The Kier molecular flexibility index (Phi) is 4.79. The average Bonchev–Trinajstić information content (AvgIpc) is 2.31. The molecule has 2 atom stereocenters. The third-order valence-electron chi connectivity index (χ3n) is 3.65. The highest BCUT2D eigenvalue weighted by Gasteiger charge is 2.24. The summed E-state index contributed by atoms with van der Waals surface area (Å²) in [6, 6.07) is 1.50. The van der Waals surface area contributed by atoms with E-state index in [1.54, 1.807) is 0 Å². The smallest absolute Gasteiger partial charge is 0.0586 e. The van der Waals surface area contributed by atoms with Crippen molar-refractivity contribution in [1.82, 2.24) is 5.32 Å². The zero-order valence-electron chi connectivity index (χ0n) is 9.71. The summed E-state index contributed by atoms with van der Waals surface area (Å²) in [7, 11) is 1.85. The van der Waals surface area contributed by atoms with E-state index >= 15 is 0 Å². The van der Waals surface area contributed by atoms with Crippen LogP contribution in [-0.2, 0) is 4.74 Å². The third-order valence-corrected chi connectivity index (χ3v) is 4.70. The van der Waals surface area contributed by atoms with Crippen LogP contribution < -0.4 is 5.32 Å². The summed E-state index contributed by atoms with van der Waals surface area (Å²) >= 11 is 2.10. The summed E-state index contributed by atoms with van der Waals surface area (Å²) < 4.78 is 5.47. The molecule has 1 aliphatic carbocycles. The minimum Gasteiger partial charge on any atom is -0.381 e.